The lowest BCUT2D eigenvalue weighted by atomic mass is 10.0. The highest BCUT2D eigenvalue weighted by Gasteiger charge is 2.43. The van der Waals surface area contributed by atoms with Gasteiger partial charge in [0.1, 0.15) is 6.04 Å². The van der Waals surface area contributed by atoms with Gasteiger partial charge >= 0.3 is 0 Å². The highest BCUT2D eigenvalue weighted by atomic mass is 127. The number of benzene rings is 2. The van der Waals surface area contributed by atoms with E-state index in [-0.39, 0.29) is 11.8 Å². The van der Waals surface area contributed by atoms with Crippen molar-refractivity contribution in [1.82, 2.24) is 4.90 Å². The molecule has 1 aliphatic heterocycles. The second kappa shape index (κ2) is 7.19. The van der Waals surface area contributed by atoms with E-state index in [1.165, 1.54) is 0 Å². The van der Waals surface area contributed by atoms with Crippen molar-refractivity contribution in [2.24, 2.45) is 5.92 Å². The average Bonchev–Trinajstić information content (AvgIpc) is 2.83. The summed E-state index contributed by atoms with van der Waals surface area (Å²) in [7, 11) is 0. The molecule has 0 radical (unpaired) electrons. The molecule has 0 bridgehead atoms. The van der Waals surface area contributed by atoms with Crippen LogP contribution in [-0.4, -0.2) is 28.7 Å². The third kappa shape index (κ3) is 3.25. The van der Waals surface area contributed by atoms with Crippen LogP contribution in [0.5, 0.6) is 0 Å². The smallest absolute Gasteiger partial charge is 0.262 e. The number of anilines is 1. The average molecular weight is 462 g/mol. The van der Waals surface area contributed by atoms with Crippen molar-refractivity contribution in [2.45, 2.75) is 26.8 Å². The topological polar surface area (TPSA) is 66.5 Å². The largest absolute Gasteiger partial charge is 0.324 e. The molecule has 6 heteroatoms. The Bertz CT molecular complexity index is 873. The van der Waals surface area contributed by atoms with Crippen molar-refractivity contribution >= 4 is 46.0 Å². The van der Waals surface area contributed by atoms with E-state index in [1.807, 2.05) is 39.0 Å². The summed E-state index contributed by atoms with van der Waals surface area (Å²) >= 11 is 2.21. The van der Waals surface area contributed by atoms with E-state index in [0.29, 0.717) is 16.8 Å². The van der Waals surface area contributed by atoms with E-state index in [2.05, 4.69) is 27.9 Å². The van der Waals surface area contributed by atoms with Gasteiger partial charge in [0.2, 0.25) is 5.91 Å². The van der Waals surface area contributed by atoms with E-state index >= 15 is 0 Å². The monoisotopic (exact) mass is 462 g/mol. The SMILES string of the molecule is Cc1cc(I)ccc1NC(=O)C(C(C)C)N1C(=O)c2ccccc2C1=O. The summed E-state index contributed by atoms with van der Waals surface area (Å²) in [6, 6.07) is 11.5. The number of rotatable bonds is 4. The number of imide groups is 1. The molecular weight excluding hydrogens is 443 g/mol. The summed E-state index contributed by atoms with van der Waals surface area (Å²) in [5, 5.41) is 2.88. The summed E-state index contributed by atoms with van der Waals surface area (Å²) in [4.78, 5) is 39.5. The maximum atomic E-state index is 13.0. The number of carbonyl (C=O) groups is 3. The molecule has 1 unspecified atom stereocenters. The normalized spacial score (nSPS) is 14.6. The fraction of sp³-hybridized carbons (Fsp3) is 0.250. The number of hydrogen-bond acceptors (Lipinski definition) is 3. The third-order valence-electron chi connectivity index (χ3n) is 4.45. The lowest BCUT2D eigenvalue weighted by molar-refractivity contribution is -0.121. The molecule has 1 heterocycles. The molecule has 0 saturated carbocycles. The molecule has 1 atom stereocenters. The van der Waals surface area contributed by atoms with Crippen molar-refractivity contribution in [3.63, 3.8) is 0 Å². The van der Waals surface area contributed by atoms with Gasteiger partial charge in [-0.3, -0.25) is 19.3 Å². The zero-order valence-electron chi connectivity index (χ0n) is 14.7. The van der Waals surface area contributed by atoms with Crippen molar-refractivity contribution < 1.29 is 14.4 Å². The Morgan fingerprint density at radius 2 is 1.62 bits per heavy atom. The molecule has 3 amide bonds. The first-order chi connectivity index (χ1) is 12.3. The number of halogens is 1. The van der Waals surface area contributed by atoms with Gasteiger partial charge < -0.3 is 5.32 Å². The molecular formula is C20H19IN2O3. The summed E-state index contributed by atoms with van der Waals surface area (Å²) < 4.78 is 1.07. The Kier molecular flexibility index (Phi) is 5.13. The molecule has 5 nitrogen and oxygen atoms in total. The van der Waals surface area contributed by atoms with Crippen LogP contribution >= 0.6 is 22.6 Å². The van der Waals surface area contributed by atoms with Gasteiger partial charge in [0.15, 0.2) is 0 Å². The van der Waals surface area contributed by atoms with E-state index < -0.39 is 17.9 Å². The molecule has 0 saturated heterocycles. The molecule has 0 fully saturated rings. The Hall–Kier alpha value is -2.22. The van der Waals surface area contributed by atoms with Crippen LogP contribution in [0.4, 0.5) is 5.69 Å². The van der Waals surface area contributed by atoms with Crippen molar-refractivity contribution in [1.29, 1.82) is 0 Å². The minimum atomic E-state index is -0.874. The Labute approximate surface area is 165 Å². The first-order valence-electron chi connectivity index (χ1n) is 8.35. The second-order valence-corrected chi connectivity index (χ2v) is 7.91. The van der Waals surface area contributed by atoms with Gasteiger partial charge in [-0.05, 0) is 71.3 Å². The van der Waals surface area contributed by atoms with Crippen LogP contribution in [0, 0.1) is 16.4 Å². The van der Waals surface area contributed by atoms with Crippen LogP contribution in [0.2, 0.25) is 0 Å². The lowest BCUT2D eigenvalue weighted by Gasteiger charge is -2.28. The molecule has 26 heavy (non-hydrogen) atoms. The maximum absolute atomic E-state index is 13.0. The number of nitrogens with zero attached hydrogens (tertiary/aromatic N) is 1. The predicted octanol–water partition coefficient (Wildman–Crippen LogP) is 3.86. The number of nitrogens with one attached hydrogen (secondary N) is 1. The van der Waals surface area contributed by atoms with Gasteiger partial charge in [0.25, 0.3) is 11.8 Å². The van der Waals surface area contributed by atoms with Gasteiger partial charge in [-0.2, -0.15) is 0 Å². The summed E-state index contributed by atoms with van der Waals surface area (Å²) in [5.41, 5.74) is 2.30. The second-order valence-electron chi connectivity index (χ2n) is 6.66. The van der Waals surface area contributed by atoms with Crippen LogP contribution in [0.15, 0.2) is 42.5 Å². The molecule has 0 spiro atoms. The summed E-state index contributed by atoms with van der Waals surface area (Å²) in [5.74, 6) is -1.42. The third-order valence-corrected chi connectivity index (χ3v) is 5.12. The minimum absolute atomic E-state index is 0.221. The van der Waals surface area contributed by atoms with Crippen LogP contribution in [-0.2, 0) is 4.79 Å². The zero-order valence-corrected chi connectivity index (χ0v) is 16.9. The van der Waals surface area contributed by atoms with Crippen molar-refractivity contribution in [3.8, 4) is 0 Å². The molecule has 1 aliphatic rings. The molecule has 2 aromatic carbocycles. The standard InChI is InChI=1S/C20H19IN2O3/c1-11(2)17(18(24)22-16-9-8-13(21)10-12(16)3)23-19(25)14-6-4-5-7-15(14)20(23)26/h4-11,17H,1-3H3,(H,22,24). The van der Waals surface area contributed by atoms with Gasteiger partial charge in [-0.25, -0.2) is 0 Å². The summed E-state index contributed by atoms with van der Waals surface area (Å²) in [6.07, 6.45) is 0. The highest BCUT2D eigenvalue weighted by Crippen LogP contribution is 2.28. The molecule has 0 aliphatic carbocycles. The number of amides is 3. The van der Waals surface area contributed by atoms with Crippen LogP contribution < -0.4 is 5.32 Å². The Morgan fingerprint density at radius 1 is 1.04 bits per heavy atom. The quantitative estimate of drug-likeness (QED) is 0.555. The van der Waals surface area contributed by atoms with E-state index in [9.17, 15) is 14.4 Å². The number of fused-ring (bicyclic) bond motifs is 1. The molecule has 1 N–H and O–H groups in total. The van der Waals surface area contributed by atoms with Gasteiger partial charge in [0.05, 0.1) is 11.1 Å². The van der Waals surface area contributed by atoms with E-state index in [4.69, 9.17) is 0 Å². The lowest BCUT2D eigenvalue weighted by Crippen LogP contribution is -2.50. The maximum Gasteiger partial charge on any atom is 0.262 e. The predicted molar refractivity (Wildman–Crippen MR) is 108 cm³/mol. The van der Waals surface area contributed by atoms with Crippen LogP contribution in [0.1, 0.15) is 40.1 Å². The first-order valence-corrected chi connectivity index (χ1v) is 9.43. The van der Waals surface area contributed by atoms with Gasteiger partial charge in [0, 0.05) is 9.26 Å². The van der Waals surface area contributed by atoms with Crippen molar-refractivity contribution in [2.75, 3.05) is 5.32 Å². The Morgan fingerprint density at radius 3 is 2.12 bits per heavy atom. The number of aryl methyl sites for hydroxylation is 1. The molecule has 134 valence electrons. The number of carbonyl (C=O) groups excluding carboxylic acids is 3. The van der Waals surface area contributed by atoms with Gasteiger partial charge in [-0.1, -0.05) is 26.0 Å². The fourth-order valence-electron chi connectivity index (χ4n) is 3.15. The van der Waals surface area contributed by atoms with E-state index in [1.54, 1.807) is 24.3 Å². The van der Waals surface area contributed by atoms with Crippen LogP contribution in [0.25, 0.3) is 0 Å². The summed E-state index contributed by atoms with van der Waals surface area (Å²) in [6.45, 7) is 5.56. The highest BCUT2D eigenvalue weighted by molar-refractivity contribution is 14.1. The number of hydrogen-bond donors (Lipinski definition) is 1. The zero-order chi connectivity index (χ0) is 19.0. The van der Waals surface area contributed by atoms with Gasteiger partial charge in [-0.15, -0.1) is 0 Å². The van der Waals surface area contributed by atoms with Crippen LogP contribution in [0.3, 0.4) is 0 Å². The van der Waals surface area contributed by atoms with E-state index in [0.717, 1.165) is 14.0 Å². The first kappa shape index (κ1) is 18.6. The molecule has 2 aromatic rings. The molecule has 3 rings (SSSR count). The van der Waals surface area contributed by atoms with Crippen molar-refractivity contribution in [3.05, 3.63) is 62.7 Å². The minimum Gasteiger partial charge on any atom is -0.324 e. The fourth-order valence-corrected chi connectivity index (χ4v) is 3.80. The molecule has 0 aromatic heterocycles. The Balaban J connectivity index is 1.92.